The molecule has 9 rings (SSSR count). The summed E-state index contributed by atoms with van der Waals surface area (Å²) in [7, 11) is -15.2. The van der Waals surface area contributed by atoms with Crippen molar-refractivity contribution in [3.05, 3.63) is 0 Å². The molecular formula is C56H104Ca5N9O52P3. The third-order valence-corrected chi connectivity index (χ3v) is 19.9. The van der Waals surface area contributed by atoms with Crippen LogP contribution in [0.25, 0.3) is 0 Å². The summed E-state index contributed by atoms with van der Waals surface area (Å²) >= 11 is 0. The number of nitrogens with one attached hydrogen (secondary N) is 1. The van der Waals surface area contributed by atoms with Crippen molar-refractivity contribution in [1.29, 1.82) is 0 Å². The number of nitrogens with two attached hydrogens (primary N) is 8. The molecule has 9 saturated heterocycles. The summed E-state index contributed by atoms with van der Waals surface area (Å²) in [6.45, 7) is -8.24. The van der Waals surface area contributed by atoms with Crippen molar-refractivity contribution < 1.29 is 255 Å². The van der Waals surface area contributed by atoms with Crippen LogP contribution in [0.4, 0.5) is 4.79 Å². The van der Waals surface area contributed by atoms with Gasteiger partial charge in [0.15, 0.2) is 56.6 Å². The van der Waals surface area contributed by atoms with Gasteiger partial charge in [-0.2, -0.15) is 23.5 Å². The Labute approximate surface area is 857 Å². The Kier molecular flexibility index (Phi) is 60.4. The van der Waals surface area contributed by atoms with E-state index in [0.717, 1.165) is 7.11 Å². The quantitative estimate of drug-likeness (QED) is 0.0282. The number of ether oxygens (including phenoxy) is 18. The number of amides is 1. The second-order valence-corrected chi connectivity index (χ2v) is 30.6. The molecule has 0 unspecified atom stereocenters. The molecule has 710 valence electrons. The van der Waals surface area contributed by atoms with Crippen LogP contribution in [-0.4, -0.2) is 645 Å². The van der Waals surface area contributed by atoms with Crippen LogP contribution in [0.1, 0.15) is 0 Å². The van der Waals surface area contributed by atoms with Gasteiger partial charge in [0, 0.05) is 0 Å². The van der Waals surface area contributed by atoms with Gasteiger partial charge in [0.1, 0.15) is 171 Å². The Morgan fingerprint density at radius 2 is 0.440 bits per heavy atom. The third kappa shape index (κ3) is 35.3. The molecule has 38 N–H and O–H groups in total. The maximum Gasteiger partial charge on any atom is 2.00 e. The zero-order valence-electron chi connectivity index (χ0n) is 65.9. The molecule has 0 saturated carbocycles. The van der Waals surface area contributed by atoms with E-state index in [1.165, 1.54) is 0 Å². The van der Waals surface area contributed by atoms with Crippen LogP contribution in [0.5, 0.6) is 0 Å². The van der Waals surface area contributed by atoms with Gasteiger partial charge in [0.05, 0.1) is 115 Å². The first-order valence-electron chi connectivity index (χ1n) is 35.6. The first kappa shape index (κ1) is 129. The van der Waals surface area contributed by atoms with Crippen molar-refractivity contribution >= 4 is 218 Å². The molecule has 0 aromatic carbocycles. The minimum atomic E-state index is -5.39. The van der Waals surface area contributed by atoms with Gasteiger partial charge >= 0.3 is 195 Å². The standard InChI is InChI=1S/C56H103N9O39.5Ca.3H3O4P.H2O/c1-87-56(86)65-28-38(84)46(19(10-74)96-55(28)104-45-18(9-73)95-49(27(64)37(45)83)97-39-12(3-67)88-47(85)20(57)31(39)77)103-54-26(63)36(82)44(17(8-72)94-54)102-53-25(62)35(81)43(16(7-71)93-53)101-52-24(61)34(80)42(15(6-70)92-52)100-51-23(60)33(79)41(14(5-69)91-51)99-50-22(59)32(78)40(13(4-68)90-50)98-48-21(58)30(76)29(75)11(2-66)89-48;;;;;;3*1-5(2,3)4;/h11-55,66-85H,2-10,57-64H2,1H3,(H,65,86);;;;;;3*(H3,1,2,3,4);1H2/q;5*+2;;;;/p-10/t11-,12-,13-,14-,15-,16-,17-,18-,19-,20-,21-,22-,23-,24-,25-,26-,27-,28-,29-,30-,31-,32-,33-,34-,35-,36-,37-,38-,39-,40-,41-,42-,43-,44-,45-,46-,47-,48+,49+,50+,51+,52+,53+,54+,55+;;;;;;;;;/m1........./s1. The topological polar surface area (TPSA) is 1100 Å². The Balaban J connectivity index is 0.00000674. The average Bonchev–Trinajstić information content (AvgIpc) is 0.776. The number of rotatable bonds is 26. The van der Waals surface area contributed by atoms with E-state index in [4.69, 9.17) is 189 Å². The number of methoxy groups -OCH3 is 1. The molecule has 0 bridgehead atoms. The Bertz CT molecular complexity index is 3120. The molecule has 9 aliphatic heterocycles. The molecular weight excluding hydrogens is 1920 g/mol. The zero-order chi connectivity index (χ0) is 89.9. The van der Waals surface area contributed by atoms with E-state index in [9.17, 15) is 107 Å². The number of aliphatic hydroxyl groups excluding tert-OH is 20. The van der Waals surface area contributed by atoms with Gasteiger partial charge in [-0.15, -0.1) is 0 Å². The summed E-state index contributed by atoms with van der Waals surface area (Å²) in [4.78, 5) is 89.7. The maximum absolute atomic E-state index is 12.8. The SMILES string of the molecule is COC(=O)N[C@H]1[C@H](O[C@H]2[C@H](O)[C@@H](N)[C@H](O[C@H]3[C@H](O)[C@@H](N)[C@H](O)O[C@@H]3CO)O[C@@H]2CO)O[C@H](CO)[C@@H](O[C@@H]2O[C@H](CO)[C@@H](O[C@@H]3O[C@H](CO)[C@@H](O[C@@H]4O[C@H](CO)[C@@H](O[C@@H]5O[C@H](CO)[C@@H](O[C@@H]6O[C@H](CO)[C@@H](O[C@@H]7O[C@H](CO)[C@@H](O)[C@H](O)[C@H]7N)[C@H](O)[C@H]6N)[C@H](O)[C@H]5N)[C@H](O)[C@H]4N)[C@H](O)[C@H]3N)[C@H](O)[C@H]2N)[C@@H]1O.O=P([O-])([O-])[O-].O=P([O-])([O-])[O-].O=P([O-])([O-])[O-].[Ca+2].[Ca+2].[Ca+2].[Ca+2].[Ca+2].[OH-]. The van der Waals surface area contributed by atoms with Crippen molar-refractivity contribution in [2.75, 3.05) is 66.6 Å². The predicted octanol–water partition coefficient (Wildman–Crippen LogP) is -31.1. The first-order chi connectivity index (χ1) is 55.4. The van der Waals surface area contributed by atoms with Gasteiger partial charge in [0.2, 0.25) is 0 Å². The van der Waals surface area contributed by atoms with Gasteiger partial charge < -0.3 is 302 Å². The minimum absolute atomic E-state index is 0. The average molecular weight is 2030 g/mol. The van der Waals surface area contributed by atoms with Crippen LogP contribution < -0.4 is 95.2 Å². The molecule has 9 heterocycles. The Morgan fingerprint density at radius 3 is 0.640 bits per heavy atom. The van der Waals surface area contributed by atoms with Gasteiger partial charge in [-0.05, 0) is 0 Å². The largest absolute Gasteiger partial charge is 2.00 e. The molecule has 125 heavy (non-hydrogen) atoms. The third-order valence-electron chi connectivity index (χ3n) is 19.9. The minimum Gasteiger partial charge on any atom is -0.870 e. The number of carbonyl (C=O) groups excluding carboxylic acids is 1. The molecule has 9 aliphatic rings. The van der Waals surface area contributed by atoms with Gasteiger partial charge in [-0.25, -0.2) is 4.79 Å². The maximum atomic E-state index is 12.8. The number of hydrogen-bond donors (Lipinski definition) is 29. The van der Waals surface area contributed by atoms with E-state index >= 15 is 0 Å². The second-order valence-electron chi connectivity index (χ2n) is 27.9. The summed E-state index contributed by atoms with van der Waals surface area (Å²) in [5.74, 6) is 0. The fourth-order valence-corrected chi connectivity index (χ4v) is 13.7. The van der Waals surface area contributed by atoms with Crippen molar-refractivity contribution in [1.82, 2.24) is 5.32 Å². The van der Waals surface area contributed by atoms with E-state index in [0.29, 0.717) is 0 Å². The van der Waals surface area contributed by atoms with E-state index in [-0.39, 0.29) is 194 Å². The van der Waals surface area contributed by atoms with E-state index in [1.807, 2.05) is 0 Å². The first-order valence-corrected chi connectivity index (χ1v) is 40.0. The van der Waals surface area contributed by atoms with Crippen LogP contribution in [0.15, 0.2) is 0 Å². The van der Waals surface area contributed by atoms with Crippen LogP contribution in [0, 0.1) is 0 Å². The van der Waals surface area contributed by atoms with Crippen LogP contribution in [-0.2, 0) is 99.0 Å². The molecule has 0 aromatic rings. The number of alkyl carbamates (subject to hydrolysis) is 1. The summed E-state index contributed by atoms with van der Waals surface area (Å²) < 4.78 is 130. The fraction of sp³-hybridized carbons (Fsp3) is 0.982. The molecule has 9 fully saturated rings. The number of phosphoric acid groups is 3. The molecule has 45 atom stereocenters. The number of hydrogen-bond acceptors (Lipinski definition) is 60. The predicted molar refractivity (Wildman–Crippen MR) is 380 cm³/mol. The number of aliphatic hydroxyl groups is 20. The van der Waals surface area contributed by atoms with E-state index < -0.39 is 365 Å². The molecule has 0 spiro atoms. The van der Waals surface area contributed by atoms with Gasteiger partial charge in [-0.3, -0.25) is 0 Å². The smallest absolute Gasteiger partial charge is 0.870 e. The Morgan fingerprint density at radius 1 is 0.280 bits per heavy atom. The van der Waals surface area contributed by atoms with Crippen molar-refractivity contribution in [3.63, 3.8) is 0 Å². The molecule has 1 amide bonds. The molecule has 61 nitrogen and oxygen atoms in total. The summed E-state index contributed by atoms with van der Waals surface area (Å²) in [5, 5.41) is 219. The summed E-state index contributed by atoms with van der Waals surface area (Å²) in [5.41, 5.74) is 50.2. The Hall–Kier alpha value is 4.06. The van der Waals surface area contributed by atoms with Gasteiger partial charge in [-0.1, -0.05) is 0 Å². The van der Waals surface area contributed by atoms with Crippen LogP contribution >= 0.6 is 23.5 Å². The van der Waals surface area contributed by atoms with Crippen molar-refractivity contribution in [2.24, 2.45) is 45.9 Å². The second kappa shape index (κ2) is 58.5. The monoisotopic (exact) mass is 2030 g/mol. The van der Waals surface area contributed by atoms with Crippen LogP contribution in [0.3, 0.4) is 0 Å². The van der Waals surface area contributed by atoms with Crippen molar-refractivity contribution in [3.8, 4) is 0 Å². The number of carbonyl (C=O) groups is 1. The molecule has 0 radical (unpaired) electrons. The van der Waals surface area contributed by atoms with E-state index in [2.05, 4.69) is 5.32 Å². The van der Waals surface area contributed by atoms with Gasteiger partial charge in [0.25, 0.3) is 0 Å². The zero-order valence-corrected chi connectivity index (χ0v) is 79.6. The summed E-state index contributed by atoms with van der Waals surface area (Å²) in [6.07, 6.45) is -62.6. The molecule has 0 aromatic heterocycles. The van der Waals surface area contributed by atoms with Crippen LogP contribution in [0.2, 0.25) is 0 Å². The normalized spacial score (nSPS) is 44.6. The summed E-state index contributed by atoms with van der Waals surface area (Å²) in [6, 6.07) is -14.6. The van der Waals surface area contributed by atoms with Crippen molar-refractivity contribution in [2.45, 2.75) is 276 Å². The molecule has 69 heteroatoms. The molecule has 0 aliphatic carbocycles. The fourth-order valence-electron chi connectivity index (χ4n) is 13.7. The van der Waals surface area contributed by atoms with E-state index in [1.54, 1.807) is 0 Å².